The summed E-state index contributed by atoms with van der Waals surface area (Å²) in [6, 6.07) is 3.11. The molecule has 1 saturated heterocycles. The summed E-state index contributed by atoms with van der Waals surface area (Å²) in [6.45, 7) is 6.25. The Morgan fingerprint density at radius 3 is 2.84 bits per heavy atom. The van der Waals surface area contributed by atoms with Gasteiger partial charge in [0, 0.05) is 29.7 Å². The summed E-state index contributed by atoms with van der Waals surface area (Å²) >= 11 is 1.94. The number of nitro groups is 1. The Labute approximate surface area is 116 Å². The van der Waals surface area contributed by atoms with Gasteiger partial charge in [-0.1, -0.05) is 13.8 Å². The average molecular weight is 282 g/mol. The van der Waals surface area contributed by atoms with Crippen molar-refractivity contribution in [2.75, 3.05) is 29.5 Å². The molecule has 1 aromatic heterocycles. The van der Waals surface area contributed by atoms with Gasteiger partial charge in [0.1, 0.15) is 5.82 Å². The SMILES string of the molecule is CC1(C)CCN(c2ccc([N+](=O)[O-])c(N)n2)CCS1. The van der Waals surface area contributed by atoms with E-state index < -0.39 is 4.92 Å². The number of nitrogens with two attached hydrogens (primary N) is 1. The lowest BCUT2D eigenvalue weighted by atomic mass is 10.1. The zero-order valence-electron chi connectivity index (χ0n) is 11.1. The molecule has 104 valence electrons. The van der Waals surface area contributed by atoms with Gasteiger partial charge in [0.15, 0.2) is 0 Å². The van der Waals surface area contributed by atoms with Gasteiger partial charge in [-0.25, -0.2) is 4.98 Å². The molecule has 1 aliphatic heterocycles. The van der Waals surface area contributed by atoms with Crippen LogP contribution in [0.3, 0.4) is 0 Å². The summed E-state index contributed by atoms with van der Waals surface area (Å²) in [6.07, 6.45) is 1.05. The second-order valence-electron chi connectivity index (χ2n) is 5.18. The minimum Gasteiger partial charge on any atom is -0.378 e. The molecule has 2 heterocycles. The maximum atomic E-state index is 10.7. The highest BCUT2D eigenvalue weighted by Crippen LogP contribution is 2.32. The van der Waals surface area contributed by atoms with Crippen LogP contribution in [0.1, 0.15) is 20.3 Å². The molecule has 0 radical (unpaired) electrons. The zero-order valence-corrected chi connectivity index (χ0v) is 11.9. The van der Waals surface area contributed by atoms with Crippen LogP contribution >= 0.6 is 11.8 Å². The Morgan fingerprint density at radius 1 is 1.47 bits per heavy atom. The Balaban J connectivity index is 2.18. The Kier molecular flexibility index (Phi) is 3.84. The molecule has 1 fully saturated rings. The minimum atomic E-state index is -0.506. The van der Waals surface area contributed by atoms with E-state index in [0.717, 1.165) is 31.1 Å². The van der Waals surface area contributed by atoms with Crippen molar-refractivity contribution < 1.29 is 4.92 Å². The number of hydrogen-bond acceptors (Lipinski definition) is 6. The van der Waals surface area contributed by atoms with Gasteiger partial charge in [-0.3, -0.25) is 10.1 Å². The molecule has 2 rings (SSSR count). The van der Waals surface area contributed by atoms with E-state index >= 15 is 0 Å². The molecule has 1 aliphatic rings. The summed E-state index contributed by atoms with van der Waals surface area (Å²) in [5, 5.41) is 10.7. The summed E-state index contributed by atoms with van der Waals surface area (Å²) in [7, 11) is 0. The first-order valence-corrected chi connectivity index (χ1v) is 7.17. The van der Waals surface area contributed by atoms with E-state index in [9.17, 15) is 10.1 Å². The first-order chi connectivity index (χ1) is 8.89. The van der Waals surface area contributed by atoms with Gasteiger partial charge in [-0.15, -0.1) is 0 Å². The molecule has 7 heteroatoms. The fraction of sp³-hybridized carbons (Fsp3) is 0.583. The predicted octanol–water partition coefficient (Wildman–Crippen LogP) is 2.29. The maximum absolute atomic E-state index is 10.7. The molecule has 2 N–H and O–H groups in total. The summed E-state index contributed by atoms with van der Waals surface area (Å²) in [5.74, 6) is 1.73. The molecule has 0 atom stereocenters. The van der Waals surface area contributed by atoms with E-state index in [-0.39, 0.29) is 16.3 Å². The summed E-state index contributed by atoms with van der Waals surface area (Å²) < 4.78 is 0.265. The predicted molar refractivity (Wildman–Crippen MR) is 78.7 cm³/mol. The molecule has 0 amide bonds. The molecule has 0 aromatic carbocycles. The number of rotatable bonds is 2. The first-order valence-electron chi connectivity index (χ1n) is 6.19. The van der Waals surface area contributed by atoms with Gasteiger partial charge in [0.2, 0.25) is 5.82 Å². The van der Waals surface area contributed by atoms with Crippen molar-refractivity contribution in [3.05, 3.63) is 22.2 Å². The molecule has 0 bridgehead atoms. The topological polar surface area (TPSA) is 85.3 Å². The third-order valence-corrected chi connectivity index (χ3v) is 4.62. The van der Waals surface area contributed by atoms with Gasteiger partial charge in [0.05, 0.1) is 4.92 Å². The van der Waals surface area contributed by atoms with Crippen LogP contribution in [0.4, 0.5) is 17.3 Å². The number of anilines is 2. The van der Waals surface area contributed by atoms with Crippen LogP contribution < -0.4 is 10.6 Å². The largest absolute Gasteiger partial charge is 0.378 e. The molecule has 0 aliphatic carbocycles. The molecular formula is C12H18N4O2S. The molecule has 0 saturated carbocycles. The minimum absolute atomic E-state index is 0.0151. The Bertz CT molecular complexity index is 493. The Morgan fingerprint density at radius 2 is 2.21 bits per heavy atom. The lowest BCUT2D eigenvalue weighted by Crippen LogP contribution is -2.27. The van der Waals surface area contributed by atoms with E-state index in [1.54, 1.807) is 6.07 Å². The van der Waals surface area contributed by atoms with Crippen LogP contribution in [0.5, 0.6) is 0 Å². The van der Waals surface area contributed by atoms with Crippen molar-refractivity contribution in [1.29, 1.82) is 0 Å². The van der Waals surface area contributed by atoms with E-state index in [2.05, 4.69) is 23.7 Å². The van der Waals surface area contributed by atoms with Crippen molar-refractivity contribution in [3.8, 4) is 0 Å². The van der Waals surface area contributed by atoms with E-state index in [0.29, 0.717) is 0 Å². The molecule has 0 spiro atoms. The molecule has 0 unspecified atom stereocenters. The highest BCUT2D eigenvalue weighted by atomic mass is 32.2. The van der Waals surface area contributed by atoms with Crippen LogP contribution in [0.15, 0.2) is 12.1 Å². The molecular weight excluding hydrogens is 264 g/mol. The average Bonchev–Trinajstić information content (AvgIpc) is 2.49. The van der Waals surface area contributed by atoms with Crippen LogP contribution in [0.25, 0.3) is 0 Å². The van der Waals surface area contributed by atoms with Crippen molar-refractivity contribution in [2.24, 2.45) is 0 Å². The van der Waals surface area contributed by atoms with E-state index in [1.165, 1.54) is 6.07 Å². The second-order valence-corrected chi connectivity index (χ2v) is 6.98. The maximum Gasteiger partial charge on any atom is 0.311 e. The normalized spacial score (nSPS) is 18.9. The Hall–Kier alpha value is -1.50. The number of nitrogens with zero attached hydrogens (tertiary/aromatic N) is 3. The number of pyridine rings is 1. The van der Waals surface area contributed by atoms with Crippen molar-refractivity contribution in [2.45, 2.75) is 25.0 Å². The number of thioether (sulfide) groups is 1. The number of aromatic nitrogens is 1. The fourth-order valence-electron chi connectivity index (χ4n) is 2.04. The monoisotopic (exact) mass is 282 g/mol. The van der Waals surface area contributed by atoms with Gasteiger partial charge in [-0.2, -0.15) is 11.8 Å². The van der Waals surface area contributed by atoms with Crippen LogP contribution in [-0.4, -0.2) is 33.5 Å². The van der Waals surface area contributed by atoms with Gasteiger partial charge in [0.25, 0.3) is 0 Å². The highest BCUT2D eigenvalue weighted by Gasteiger charge is 2.25. The molecule has 1 aromatic rings. The van der Waals surface area contributed by atoms with Crippen LogP contribution in [-0.2, 0) is 0 Å². The van der Waals surface area contributed by atoms with Crippen molar-refractivity contribution >= 4 is 29.1 Å². The highest BCUT2D eigenvalue weighted by molar-refractivity contribution is 8.00. The summed E-state index contributed by atoms with van der Waals surface area (Å²) in [4.78, 5) is 16.5. The van der Waals surface area contributed by atoms with Gasteiger partial charge >= 0.3 is 5.69 Å². The number of nitrogen functional groups attached to an aromatic ring is 1. The molecule has 19 heavy (non-hydrogen) atoms. The second kappa shape index (κ2) is 5.24. The third-order valence-electron chi connectivity index (χ3n) is 3.25. The van der Waals surface area contributed by atoms with Crippen molar-refractivity contribution in [3.63, 3.8) is 0 Å². The lowest BCUT2D eigenvalue weighted by molar-refractivity contribution is -0.384. The smallest absolute Gasteiger partial charge is 0.311 e. The summed E-state index contributed by atoms with van der Waals surface area (Å²) in [5.41, 5.74) is 5.51. The number of hydrogen-bond donors (Lipinski definition) is 1. The molecule has 6 nitrogen and oxygen atoms in total. The lowest BCUT2D eigenvalue weighted by Gasteiger charge is -2.23. The van der Waals surface area contributed by atoms with Crippen LogP contribution in [0.2, 0.25) is 0 Å². The standard InChI is InChI=1S/C12H18N4O2S/c1-12(2)5-6-15(7-8-19-12)10-4-3-9(16(17)18)11(13)14-10/h3-4H,5-8H2,1-2H3,(H2,13,14). The van der Waals surface area contributed by atoms with Crippen LogP contribution in [0, 0.1) is 10.1 Å². The van der Waals surface area contributed by atoms with E-state index in [1.807, 2.05) is 11.8 Å². The van der Waals surface area contributed by atoms with Gasteiger partial charge in [-0.05, 0) is 12.5 Å². The quantitative estimate of drug-likeness (QED) is 0.661. The fourth-order valence-corrected chi connectivity index (χ4v) is 3.14. The van der Waals surface area contributed by atoms with E-state index in [4.69, 9.17) is 5.73 Å². The third kappa shape index (κ3) is 3.28. The first kappa shape index (κ1) is 13.9. The van der Waals surface area contributed by atoms with Gasteiger partial charge < -0.3 is 10.6 Å². The van der Waals surface area contributed by atoms with Crippen molar-refractivity contribution in [1.82, 2.24) is 4.98 Å². The zero-order chi connectivity index (χ0) is 14.0.